The van der Waals surface area contributed by atoms with E-state index in [1.165, 1.54) is 12.3 Å². The van der Waals surface area contributed by atoms with Crippen LogP contribution in [-0.2, 0) is 13.1 Å². The average molecular weight is 266 g/mol. The smallest absolute Gasteiger partial charge is 0.338 e. The zero-order chi connectivity index (χ0) is 13.0. The molecule has 4 nitrogen and oxygen atoms in total. The van der Waals surface area contributed by atoms with E-state index in [4.69, 9.17) is 21.1 Å². The van der Waals surface area contributed by atoms with Gasteiger partial charge in [0.1, 0.15) is 12.0 Å². The van der Waals surface area contributed by atoms with Gasteiger partial charge in [-0.15, -0.1) is 0 Å². The first-order valence-corrected chi connectivity index (χ1v) is 5.79. The molecule has 0 saturated carbocycles. The molecule has 0 atom stereocenters. The van der Waals surface area contributed by atoms with Gasteiger partial charge < -0.3 is 14.8 Å². The lowest BCUT2D eigenvalue weighted by Gasteiger charge is -2.02. The number of halogens is 1. The Bertz CT molecular complexity index is 533. The normalized spacial score (nSPS) is 10.5. The summed E-state index contributed by atoms with van der Waals surface area (Å²) >= 11 is 5.78. The second-order valence-corrected chi connectivity index (χ2v) is 4.27. The Morgan fingerprint density at radius 3 is 2.61 bits per heavy atom. The van der Waals surface area contributed by atoms with Crippen molar-refractivity contribution in [2.24, 2.45) is 0 Å². The summed E-state index contributed by atoms with van der Waals surface area (Å²) < 4.78 is 5.12. The van der Waals surface area contributed by atoms with Crippen molar-refractivity contribution >= 4 is 17.6 Å². The van der Waals surface area contributed by atoms with E-state index in [0.29, 0.717) is 23.9 Å². The van der Waals surface area contributed by atoms with Gasteiger partial charge in [0.2, 0.25) is 0 Å². The van der Waals surface area contributed by atoms with Gasteiger partial charge in [0.15, 0.2) is 0 Å². The fourth-order valence-electron chi connectivity index (χ4n) is 1.52. The lowest BCUT2D eigenvalue weighted by molar-refractivity contribution is 0.0696. The van der Waals surface area contributed by atoms with Gasteiger partial charge in [-0.25, -0.2) is 4.79 Å². The van der Waals surface area contributed by atoms with Crippen LogP contribution in [0.25, 0.3) is 0 Å². The van der Waals surface area contributed by atoms with Crippen molar-refractivity contribution in [1.29, 1.82) is 0 Å². The highest BCUT2D eigenvalue weighted by molar-refractivity contribution is 6.30. The molecule has 1 aromatic carbocycles. The fraction of sp³-hybridized carbons (Fsp3) is 0.154. The number of furan rings is 1. The van der Waals surface area contributed by atoms with Crippen molar-refractivity contribution in [2.75, 3.05) is 0 Å². The summed E-state index contributed by atoms with van der Waals surface area (Å²) in [6.45, 7) is 1.15. The van der Waals surface area contributed by atoms with E-state index in [1.807, 2.05) is 24.3 Å². The molecule has 0 aliphatic rings. The topological polar surface area (TPSA) is 62.5 Å². The number of benzene rings is 1. The van der Waals surface area contributed by atoms with Crippen molar-refractivity contribution in [2.45, 2.75) is 13.1 Å². The first-order valence-electron chi connectivity index (χ1n) is 5.41. The summed E-state index contributed by atoms with van der Waals surface area (Å²) in [6.07, 6.45) is 1.24. The third-order valence-electron chi connectivity index (χ3n) is 2.44. The minimum absolute atomic E-state index is 0.165. The molecule has 0 aliphatic carbocycles. The van der Waals surface area contributed by atoms with E-state index in [1.54, 1.807) is 0 Å². The highest BCUT2D eigenvalue weighted by atomic mass is 35.5. The highest BCUT2D eigenvalue weighted by Crippen LogP contribution is 2.10. The van der Waals surface area contributed by atoms with Crippen LogP contribution in [0.5, 0.6) is 0 Å². The molecule has 0 saturated heterocycles. The Kier molecular flexibility index (Phi) is 4.02. The number of nitrogens with one attached hydrogen (secondary N) is 1. The molecule has 5 heteroatoms. The maximum absolute atomic E-state index is 10.6. The molecule has 0 bridgehead atoms. The number of hydrogen-bond donors (Lipinski definition) is 2. The summed E-state index contributed by atoms with van der Waals surface area (Å²) in [6, 6.07) is 9.03. The number of rotatable bonds is 5. The van der Waals surface area contributed by atoms with Gasteiger partial charge in [-0.2, -0.15) is 0 Å². The van der Waals surface area contributed by atoms with Crippen molar-refractivity contribution < 1.29 is 14.3 Å². The molecule has 0 fully saturated rings. The third-order valence-corrected chi connectivity index (χ3v) is 2.69. The number of hydrogen-bond acceptors (Lipinski definition) is 3. The van der Waals surface area contributed by atoms with Gasteiger partial charge in [0.05, 0.1) is 12.1 Å². The molecule has 1 heterocycles. The van der Waals surface area contributed by atoms with Crippen LogP contribution in [0.15, 0.2) is 41.0 Å². The minimum atomic E-state index is -0.984. The molecule has 2 aromatic rings. The zero-order valence-electron chi connectivity index (χ0n) is 9.52. The first-order chi connectivity index (χ1) is 8.65. The number of carboxylic acids is 1. The largest absolute Gasteiger partial charge is 0.478 e. The Morgan fingerprint density at radius 2 is 2.00 bits per heavy atom. The second-order valence-electron chi connectivity index (χ2n) is 3.84. The summed E-state index contributed by atoms with van der Waals surface area (Å²) in [5, 5.41) is 12.6. The Morgan fingerprint density at radius 1 is 1.28 bits per heavy atom. The van der Waals surface area contributed by atoms with E-state index < -0.39 is 5.97 Å². The third kappa shape index (κ3) is 3.35. The van der Waals surface area contributed by atoms with Crippen molar-refractivity contribution in [3.63, 3.8) is 0 Å². The standard InChI is InChI=1S/C13H12ClNO3/c14-11-3-1-9(2-4-11)6-15-7-12-5-10(8-18-12)13(16)17/h1-5,8,15H,6-7H2,(H,16,17). The van der Waals surface area contributed by atoms with Crippen molar-refractivity contribution in [1.82, 2.24) is 5.32 Å². The predicted molar refractivity (Wildman–Crippen MR) is 67.7 cm³/mol. The predicted octanol–water partition coefficient (Wildman–Crippen LogP) is 2.92. The van der Waals surface area contributed by atoms with Gasteiger partial charge in [-0.1, -0.05) is 23.7 Å². The van der Waals surface area contributed by atoms with Gasteiger partial charge in [0.25, 0.3) is 0 Å². The maximum Gasteiger partial charge on any atom is 0.338 e. The second kappa shape index (κ2) is 5.71. The minimum Gasteiger partial charge on any atom is -0.478 e. The van der Waals surface area contributed by atoms with Crippen LogP contribution in [0.2, 0.25) is 5.02 Å². The molecule has 2 N–H and O–H groups in total. The molecule has 0 spiro atoms. The Balaban J connectivity index is 1.84. The van der Waals surface area contributed by atoms with Gasteiger partial charge in [0, 0.05) is 11.6 Å². The van der Waals surface area contributed by atoms with Crippen LogP contribution < -0.4 is 5.32 Å². The SMILES string of the molecule is O=C(O)c1coc(CNCc2ccc(Cl)cc2)c1. The average Bonchev–Trinajstić information content (AvgIpc) is 2.81. The summed E-state index contributed by atoms with van der Waals surface area (Å²) in [7, 11) is 0. The molecule has 18 heavy (non-hydrogen) atoms. The number of carboxylic acid groups (broad SMARTS) is 1. The molecular weight excluding hydrogens is 254 g/mol. The van der Waals surface area contributed by atoms with E-state index in [0.717, 1.165) is 5.56 Å². The molecule has 0 radical (unpaired) electrons. The van der Waals surface area contributed by atoms with Gasteiger partial charge >= 0.3 is 5.97 Å². The van der Waals surface area contributed by atoms with Crippen LogP contribution in [0, 0.1) is 0 Å². The lowest BCUT2D eigenvalue weighted by Crippen LogP contribution is -2.12. The molecule has 0 amide bonds. The van der Waals surface area contributed by atoms with E-state index in [2.05, 4.69) is 5.32 Å². The fourth-order valence-corrected chi connectivity index (χ4v) is 1.64. The van der Waals surface area contributed by atoms with Crippen LogP contribution in [0.4, 0.5) is 0 Å². The van der Waals surface area contributed by atoms with E-state index in [-0.39, 0.29) is 5.56 Å². The summed E-state index contributed by atoms with van der Waals surface area (Å²) in [4.78, 5) is 10.6. The first kappa shape index (κ1) is 12.7. The van der Waals surface area contributed by atoms with Crippen molar-refractivity contribution in [3.8, 4) is 0 Å². The molecule has 1 aromatic heterocycles. The van der Waals surface area contributed by atoms with Crippen LogP contribution >= 0.6 is 11.6 Å². The van der Waals surface area contributed by atoms with Crippen LogP contribution in [-0.4, -0.2) is 11.1 Å². The Hall–Kier alpha value is -1.78. The maximum atomic E-state index is 10.6. The van der Waals surface area contributed by atoms with E-state index >= 15 is 0 Å². The van der Waals surface area contributed by atoms with Gasteiger partial charge in [-0.05, 0) is 23.8 Å². The summed E-state index contributed by atoms with van der Waals surface area (Å²) in [5.41, 5.74) is 1.27. The zero-order valence-corrected chi connectivity index (χ0v) is 10.3. The molecule has 2 rings (SSSR count). The molecule has 94 valence electrons. The number of aromatic carboxylic acids is 1. The van der Waals surface area contributed by atoms with Gasteiger partial charge in [-0.3, -0.25) is 0 Å². The molecule has 0 unspecified atom stereocenters. The summed E-state index contributed by atoms with van der Waals surface area (Å²) in [5.74, 6) is -0.385. The van der Waals surface area contributed by atoms with Crippen LogP contribution in [0.3, 0.4) is 0 Å². The number of carbonyl (C=O) groups is 1. The van der Waals surface area contributed by atoms with E-state index in [9.17, 15) is 4.79 Å². The van der Waals surface area contributed by atoms with Crippen molar-refractivity contribution in [3.05, 3.63) is 58.5 Å². The monoisotopic (exact) mass is 265 g/mol. The molecule has 0 aliphatic heterocycles. The van der Waals surface area contributed by atoms with Crippen LogP contribution in [0.1, 0.15) is 21.7 Å². The quantitative estimate of drug-likeness (QED) is 0.873. The Labute approximate surface area is 109 Å². The molecular formula is C13H12ClNO3. The lowest BCUT2D eigenvalue weighted by atomic mass is 10.2. The highest BCUT2D eigenvalue weighted by Gasteiger charge is 2.07.